The number of carbonyl (C=O) groups is 3. The molecule has 1 N–H and O–H groups in total. The largest absolute Gasteiger partial charge is 0.477 e. The van der Waals surface area contributed by atoms with Crippen molar-refractivity contribution in [3.63, 3.8) is 0 Å². The fourth-order valence-electron chi connectivity index (χ4n) is 10.3. The molecule has 0 rings (SSSR count). The van der Waals surface area contributed by atoms with Gasteiger partial charge in [0.1, 0.15) is 13.2 Å². The summed E-state index contributed by atoms with van der Waals surface area (Å²) in [7, 11) is 5.99. The Balaban J connectivity index is 4.08. The molecular weight excluding hydrogens is 1010 g/mol. The number of quaternary nitrogens is 1. The Kier molecular flexibility index (Phi) is 61.1. The smallest absolute Gasteiger partial charge is 0.361 e. The minimum atomic E-state index is -1.51. The Morgan fingerprint density at radius 3 is 1.05 bits per heavy atom. The number of carbonyl (C=O) groups excluding carboxylic acids is 2. The van der Waals surface area contributed by atoms with Crippen LogP contribution < -0.4 is 0 Å². The van der Waals surface area contributed by atoms with Gasteiger partial charge in [-0.25, -0.2) is 4.79 Å². The summed E-state index contributed by atoms with van der Waals surface area (Å²) in [6.07, 6.45) is 78.0. The van der Waals surface area contributed by atoms with Crippen molar-refractivity contribution in [3.05, 3.63) is 48.6 Å². The number of rotatable bonds is 65. The second-order valence-corrected chi connectivity index (χ2v) is 24.8. The van der Waals surface area contributed by atoms with Crippen molar-refractivity contribution in [1.82, 2.24) is 0 Å². The maximum atomic E-state index is 12.9. The number of unbranched alkanes of at least 4 members (excludes halogenated alkanes) is 42. The van der Waals surface area contributed by atoms with E-state index in [0.717, 1.165) is 64.2 Å². The fraction of sp³-hybridized carbons (Fsp3) is 0.847. The van der Waals surface area contributed by atoms with Crippen LogP contribution in [0, 0.1) is 0 Å². The van der Waals surface area contributed by atoms with Crippen molar-refractivity contribution < 1.29 is 42.9 Å². The molecule has 0 fully saturated rings. The highest BCUT2D eigenvalue weighted by molar-refractivity contribution is 5.71. The third-order valence-corrected chi connectivity index (χ3v) is 15.6. The van der Waals surface area contributed by atoms with Gasteiger partial charge in [0.05, 0.1) is 34.4 Å². The average Bonchev–Trinajstić information content (AvgIpc) is 3.44. The van der Waals surface area contributed by atoms with Crippen LogP contribution in [0.15, 0.2) is 48.6 Å². The lowest BCUT2D eigenvalue weighted by Gasteiger charge is -2.25. The number of nitrogens with zero attached hydrogens (tertiary/aromatic N) is 1. The van der Waals surface area contributed by atoms with E-state index >= 15 is 0 Å². The Hall–Kier alpha value is -2.75. The summed E-state index contributed by atoms with van der Waals surface area (Å²) < 4.78 is 23.0. The number of hydrogen-bond acceptors (Lipinski definition) is 7. The van der Waals surface area contributed by atoms with Crippen molar-refractivity contribution in [2.75, 3.05) is 47.5 Å². The zero-order valence-corrected chi connectivity index (χ0v) is 54.2. The molecule has 0 aromatic rings. The van der Waals surface area contributed by atoms with Crippen molar-refractivity contribution in [2.24, 2.45) is 0 Å². The third kappa shape index (κ3) is 64.7. The molecule has 0 aromatic heterocycles. The number of aliphatic carboxylic acids is 1. The SMILES string of the molecule is CC/C=C\C/C=C\C/C=C\C/C=C\CCCCCCCCCCCCCCCCCCC(=O)OC(COC(=O)CCCCCCCCCCCCCCCCCCCCCCCCCCCCC)COC(OCC[N+](C)(C)C)C(=O)O. The minimum Gasteiger partial charge on any atom is -0.477 e. The molecule has 0 saturated heterocycles. The van der Waals surface area contributed by atoms with Crippen molar-refractivity contribution in [3.8, 4) is 0 Å². The number of likely N-dealkylation sites (N-methyl/N-ethyl adjacent to an activating group) is 1. The van der Waals surface area contributed by atoms with Crippen LogP contribution in [0.1, 0.15) is 335 Å². The van der Waals surface area contributed by atoms with Crippen LogP contribution in [0.2, 0.25) is 0 Å². The molecule has 9 heteroatoms. The van der Waals surface area contributed by atoms with Crippen LogP contribution in [-0.4, -0.2) is 87.4 Å². The van der Waals surface area contributed by atoms with Crippen LogP contribution in [0.4, 0.5) is 0 Å². The van der Waals surface area contributed by atoms with Crippen LogP contribution in [0.5, 0.6) is 0 Å². The Morgan fingerprint density at radius 2 is 0.704 bits per heavy atom. The monoisotopic (exact) mass is 1140 g/mol. The van der Waals surface area contributed by atoms with Gasteiger partial charge in [-0.1, -0.05) is 319 Å². The van der Waals surface area contributed by atoms with Gasteiger partial charge >= 0.3 is 17.9 Å². The molecule has 0 amide bonds. The molecule has 0 radical (unpaired) electrons. The molecule has 0 heterocycles. The second kappa shape index (κ2) is 63.3. The number of allylic oxidation sites excluding steroid dienone is 8. The summed E-state index contributed by atoms with van der Waals surface area (Å²) in [6.45, 7) is 4.83. The first kappa shape index (κ1) is 78.2. The van der Waals surface area contributed by atoms with E-state index in [2.05, 4.69) is 62.5 Å². The number of carboxylic acids is 1. The topological polar surface area (TPSA) is 108 Å². The normalized spacial score (nSPS) is 13.0. The summed E-state index contributed by atoms with van der Waals surface area (Å²) in [4.78, 5) is 37.6. The molecule has 0 aliphatic carbocycles. The van der Waals surface area contributed by atoms with Crippen LogP contribution >= 0.6 is 0 Å². The molecule has 0 saturated carbocycles. The number of carboxylic acid groups (broad SMARTS) is 1. The van der Waals surface area contributed by atoms with Gasteiger partial charge in [-0.3, -0.25) is 9.59 Å². The van der Waals surface area contributed by atoms with Crippen LogP contribution in [-0.2, 0) is 33.3 Å². The molecule has 474 valence electrons. The Labute approximate surface area is 502 Å². The maximum absolute atomic E-state index is 12.9. The lowest BCUT2D eigenvalue weighted by atomic mass is 10.0. The van der Waals surface area contributed by atoms with E-state index in [1.165, 1.54) is 244 Å². The first-order valence-electron chi connectivity index (χ1n) is 34.8. The summed E-state index contributed by atoms with van der Waals surface area (Å²) in [5, 5.41) is 9.74. The second-order valence-electron chi connectivity index (χ2n) is 24.8. The molecule has 0 spiro atoms. The molecular formula is C72H134NO8+. The minimum absolute atomic E-state index is 0.177. The van der Waals surface area contributed by atoms with E-state index in [0.29, 0.717) is 17.4 Å². The van der Waals surface area contributed by atoms with Gasteiger partial charge in [0.15, 0.2) is 6.10 Å². The van der Waals surface area contributed by atoms with Gasteiger partial charge in [0.25, 0.3) is 6.29 Å². The van der Waals surface area contributed by atoms with E-state index < -0.39 is 18.4 Å². The highest BCUT2D eigenvalue weighted by Crippen LogP contribution is 2.19. The predicted molar refractivity (Wildman–Crippen MR) is 346 cm³/mol. The van der Waals surface area contributed by atoms with Gasteiger partial charge in [-0.2, -0.15) is 0 Å². The molecule has 2 unspecified atom stereocenters. The Bertz CT molecular complexity index is 1470. The quantitative estimate of drug-likeness (QED) is 0.0211. The highest BCUT2D eigenvalue weighted by atomic mass is 16.7. The molecule has 9 nitrogen and oxygen atoms in total. The molecule has 0 aromatic carbocycles. The molecule has 2 atom stereocenters. The van der Waals surface area contributed by atoms with Crippen LogP contribution in [0.3, 0.4) is 0 Å². The van der Waals surface area contributed by atoms with E-state index in [9.17, 15) is 19.5 Å². The van der Waals surface area contributed by atoms with Gasteiger partial charge < -0.3 is 28.5 Å². The number of hydrogen-bond donors (Lipinski definition) is 1. The van der Waals surface area contributed by atoms with E-state index in [-0.39, 0.29) is 38.2 Å². The van der Waals surface area contributed by atoms with Crippen LogP contribution in [0.25, 0.3) is 0 Å². The van der Waals surface area contributed by atoms with Gasteiger partial charge in [0.2, 0.25) is 0 Å². The summed E-state index contributed by atoms with van der Waals surface area (Å²) >= 11 is 0. The van der Waals surface area contributed by atoms with E-state index in [1.807, 2.05) is 21.1 Å². The average molecular weight is 1140 g/mol. The summed E-state index contributed by atoms with van der Waals surface area (Å²) in [6, 6.07) is 0. The van der Waals surface area contributed by atoms with E-state index in [4.69, 9.17) is 18.9 Å². The fourth-order valence-corrected chi connectivity index (χ4v) is 10.3. The lowest BCUT2D eigenvalue weighted by molar-refractivity contribution is -0.870. The van der Waals surface area contributed by atoms with Gasteiger partial charge in [0, 0.05) is 12.8 Å². The third-order valence-electron chi connectivity index (χ3n) is 15.6. The van der Waals surface area contributed by atoms with Crippen molar-refractivity contribution >= 4 is 17.9 Å². The van der Waals surface area contributed by atoms with Crippen molar-refractivity contribution in [2.45, 2.75) is 347 Å². The zero-order valence-electron chi connectivity index (χ0n) is 54.2. The Morgan fingerprint density at radius 1 is 0.383 bits per heavy atom. The zero-order chi connectivity index (χ0) is 59.1. The molecule has 0 aliphatic heterocycles. The van der Waals surface area contributed by atoms with Crippen molar-refractivity contribution in [1.29, 1.82) is 0 Å². The highest BCUT2D eigenvalue weighted by Gasteiger charge is 2.25. The molecule has 0 bridgehead atoms. The maximum Gasteiger partial charge on any atom is 0.361 e. The first-order valence-corrected chi connectivity index (χ1v) is 34.8. The van der Waals surface area contributed by atoms with Gasteiger partial charge in [-0.05, 0) is 51.4 Å². The molecule has 81 heavy (non-hydrogen) atoms. The lowest BCUT2D eigenvalue weighted by Crippen LogP contribution is -2.40. The first-order chi connectivity index (χ1) is 39.6. The summed E-state index contributed by atoms with van der Waals surface area (Å²) in [5.74, 6) is -1.98. The number of esters is 2. The van der Waals surface area contributed by atoms with Gasteiger partial charge in [-0.15, -0.1) is 0 Å². The predicted octanol–water partition coefficient (Wildman–Crippen LogP) is 21.4. The number of ether oxygens (including phenoxy) is 4. The standard InChI is InChI=1S/C72H133NO8/c1-6-8-10-12-14-16-18-20-22-24-26-28-30-32-34-35-37-39-41-43-45-47-49-51-53-55-57-59-61-63-70(75)81-68(67-80-72(71(76)77)78-65-64-73(3,4)5)66-79-69(74)62-60-58-56-54-52-50-48-46-44-42-40-38-36-33-31-29-27-25-23-21-19-17-15-13-11-9-7-2/h8,10,14,16,20,22,26,28,68,72H,6-7,9,11-13,15,17-19,21,23-25,27,29-67H2,1-5H3/p+1/b10-8-,16-14-,22-20-,28-26-. The van der Waals surface area contributed by atoms with E-state index in [1.54, 1.807) is 0 Å². The summed E-state index contributed by atoms with van der Waals surface area (Å²) in [5.41, 5.74) is 0. The molecule has 0 aliphatic rings.